The van der Waals surface area contributed by atoms with Gasteiger partial charge in [0, 0.05) is 31.7 Å². The van der Waals surface area contributed by atoms with Gasteiger partial charge < -0.3 is 20.4 Å². The number of carbonyl (C=O) groups excluding carboxylic acids is 2. The van der Waals surface area contributed by atoms with Crippen LogP contribution in [0.5, 0.6) is 0 Å². The largest absolute Gasteiger partial charge is 0.352 e. The highest BCUT2D eigenvalue weighted by molar-refractivity contribution is 6.03. The van der Waals surface area contributed by atoms with Gasteiger partial charge in [0.05, 0.1) is 11.3 Å². The summed E-state index contributed by atoms with van der Waals surface area (Å²) in [6.45, 7) is 6.00. The van der Waals surface area contributed by atoms with Crippen LogP contribution in [-0.2, 0) is 6.42 Å². The highest BCUT2D eigenvalue weighted by Crippen LogP contribution is 2.33. The normalized spacial score (nSPS) is 16.9. The summed E-state index contributed by atoms with van der Waals surface area (Å²) < 4.78 is 0. The van der Waals surface area contributed by atoms with E-state index in [0.717, 1.165) is 51.7 Å². The Bertz CT molecular complexity index is 921. The van der Waals surface area contributed by atoms with Crippen molar-refractivity contribution in [3.63, 3.8) is 0 Å². The molecule has 1 aliphatic heterocycles. The van der Waals surface area contributed by atoms with Gasteiger partial charge in [0.1, 0.15) is 0 Å². The molecule has 0 atom stereocenters. The minimum Gasteiger partial charge on any atom is -0.352 e. The summed E-state index contributed by atoms with van der Waals surface area (Å²) in [6, 6.07) is 17.9. The fourth-order valence-corrected chi connectivity index (χ4v) is 4.75. The zero-order valence-electron chi connectivity index (χ0n) is 19.6. The summed E-state index contributed by atoms with van der Waals surface area (Å²) in [5.41, 5.74) is 2.27. The lowest BCUT2D eigenvalue weighted by atomic mass is 10.0. The molecule has 2 aromatic rings. The van der Waals surface area contributed by atoms with Gasteiger partial charge in [0.25, 0.3) is 5.91 Å². The molecule has 2 fully saturated rings. The zero-order valence-corrected chi connectivity index (χ0v) is 19.6. The van der Waals surface area contributed by atoms with Crippen molar-refractivity contribution < 1.29 is 9.59 Å². The van der Waals surface area contributed by atoms with Gasteiger partial charge in [0.15, 0.2) is 0 Å². The molecule has 6 heteroatoms. The molecule has 4 rings (SSSR count). The van der Waals surface area contributed by atoms with Crippen molar-refractivity contribution in [3.05, 3.63) is 65.7 Å². The molecule has 2 aromatic carbocycles. The average molecular weight is 449 g/mol. The second kappa shape index (κ2) is 11.3. The molecule has 1 heterocycles. The van der Waals surface area contributed by atoms with Gasteiger partial charge in [-0.15, -0.1) is 0 Å². The fraction of sp³-hybridized carbons (Fsp3) is 0.481. The van der Waals surface area contributed by atoms with Crippen LogP contribution in [0.1, 0.15) is 54.9 Å². The molecule has 6 nitrogen and oxygen atoms in total. The van der Waals surface area contributed by atoms with Gasteiger partial charge in [-0.2, -0.15) is 0 Å². The number of likely N-dealkylation sites (tertiary alicyclic amines) is 1. The molecule has 2 N–H and O–H groups in total. The molecule has 1 saturated carbocycles. The quantitative estimate of drug-likeness (QED) is 0.592. The number of hydrogen-bond acceptors (Lipinski definition) is 3. The van der Waals surface area contributed by atoms with Crippen molar-refractivity contribution >= 4 is 17.6 Å². The van der Waals surface area contributed by atoms with Crippen molar-refractivity contribution in [2.24, 2.45) is 0 Å². The van der Waals surface area contributed by atoms with E-state index >= 15 is 0 Å². The number of hydrogen-bond donors (Lipinski definition) is 2. The Hall–Kier alpha value is -2.86. The predicted octanol–water partition coefficient (Wildman–Crippen LogP) is 4.53. The Labute approximate surface area is 197 Å². The lowest BCUT2D eigenvalue weighted by molar-refractivity contribution is 0.0955. The van der Waals surface area contributed by atoms with Crippen LogP contribution in [0.4, 0.5) is 10.5 Å². The first kappa shape index (κ1) is 23.3. The molecule has 3 amide bonds. The van der Waals surface area contributed by atoms with E-state index in [1.807, 2.05) is 36.4 Å². The molecule has 1 aliphatic carbocycles. The van der Waals surface area contributed by atoms with Crippen LogP contribution in [0, 0.1) is 0 Å². The molecule has 33 heavy (non-hydrogen) atoms. The van der Waals surface area contributed by atoms with Crippen LogP contribution < -0.4 is 10.6 Å². The number of urea groups is 1. The van der Waals surface area contributed by atoms with Crippen molar-refractivity contribution in [1.29, 1.82) is 0 Å². The maximum Gasteiger partial charge on any atom is 0.322 e. The summed E-state index contributed by atoms with van der Waals surface area (Å²) in [5.74, 6) is -0.160. The van der Waals surface area contributed by atoms with Crippen LogP contribution in [-0.4, -0.2) is 60.0 Å². The predicted molar refractivity (Wildman–Crippen MR) is 133 cm³/mol. The molecule has 0 spiro atoms. The first-order valence-corrected chi connectivity index (χ1v) is 12.4. The Morgan fingerprint density at radius 3 is 2.30 bits per heavy atom. The lowest BCUT2D eigenvalue weighted by Gasteiger charge is -2.38. The van der Waals surface area contributed by atoms with Gasteiger partial charge in [-0.1, -0.05) is 49.4 Å². The summed E-state index contributed by atoms with van der Waals surface area (Å²) in [5, 5.41) is 6.06. The smallest absolute Gasteiger partial charge is 0.322 e. The van der Waals surface area contributed by atoms with Crippen molar-refractivity contribution in [2.45, 2.75) is 57.5 Å². The SMILES string of the molecule is CCCN1CCC(N(C(=O)Nc2ccccc2C(=O)NCCc2ccccc2)C2CC2)CC1. The minimum atomic E-state index is -0.160. The van der Waals surface area contributed by atoms with E-state index in [2.05, 4.69) is 39.5 Å². The Morgan fingerprint density at radius 1 is 0.939 bits per heavy atom. The molecule has 0 aromatic heterocycles. The maximum atomic E-state index is 13.3. The monoisotopic (exact) mass is 448 g/mol. The molecule has 2 aliphatic rings. The van der Waals surface area contributed by atoms with E-state index in [-0.39, 0.29) is 18.0 Å². The topological polar surface area (TPSA) is 64.7 Å². The van der Waals surface area contributed by atoms with E-state index in [1.54, 1.807) is 6.07 Å². The van der Waals surface area contributed by atoms with Gasteiger partial charge >= 0.3 is 6.03 Å². The van der Waals surface area contributed by atoms with Gasteiger partial charge in [0.2, 0.25) is 0 Å². The van der Waals surface area contributed by atoms with Crippen molar-refractivity contribution in [3.8, 4) is 0 Å². The Balaban J connectivity index is 1.36. The second-order valence-electron chi connectivity index (χ2n) is 9.18. The van der Waals surface area contributed by atoms with Crippen molar-refractivity contribution in [1.82, 2.24) is 15.1 Å². The van der Waals surface area contributed by atoms with Gasteiger partial charge in [-0.3, -0.25) is 4.79 Å². The maximum absolute atomic E-state index is 13.3. The van der Waals surface area contributed by atoms with Crippen LogP contribution in [0.15, 0.2) is 54.6 Å². The number of piperidine rings is 1. The molecule has 0 unspecified atom stereocenters. The zero-order chi connectivity index (χ0) is 23.0. The summed E-state index contributed by atoms with van der Waals surface area (Å²) in [6.07, 6.45) is 6.13. The number of nitrogens with one attached hydrogen (secondary N) is 2. The third-order valence-corrected chi connectivity index (χ3v) is 6.62. The second-order valence-corrected chi connectivity index (χ2v) is 9.18. The number of rotatable bonds is 9. The van der Waals surface area contributed by atoms with E-state index in [4.69, 9.17) is 0 Å². The highest BCUT2D eigenvalue weighted by Gasteiger charge is 2.38. The molecule has 0 bridgehead atoms. The third kappa shape index (κ3) is 6.35. The van der Waals surface area contributed by atoms with Gasteiger partial charge in [-0.05, 0) is 62.8 Å². The summed E-state index contributed by atoms with van der Waals surface area (Å²) >= 11 is 0. The summed E-state index contributed by atoms with van der Waals surface area (Å²) in [4.78, 5) is 30.8. The van der Waals surface area contributed by atoms with E-state index in [1.165, 1.54) is 12.0 Å². The average Bonchev–Trinajstić information content (AvgIpc) is 3.67. The first-order chi connectivity index (χ1) is 16.2. The van der Waals surface area contributed by atoms with Crippen LogP contribution in [0.2, 0.25) is 0 Å². The highest BCUT2D eigenvalue weighted by atomic mass is 16.2. The molecular weight excluding hydrogens is 412 g/mol. The summed E-state index contributed by atoms with van der Waals surface area (Å²) in [7, 11) is 0. The van der Waals surface area contributed by atoms with E-state index < -0.39 is 0 Å². The number of benzene rings is 2. The molecule has 176 valence electrons. The van der Waals surface area contributed by atoms with E-state index in [9.17, 15) is 9.59 Å². The van der Waals surface area contributed by atoms with Gasteiger partial charge in [-0.25, -0.2) is 4.79 Å². The Kier molecular flexibility index (Phi) is 8.00. The number of amides is 3. The van der Waals surface area contributed by atoms with Crippen LogP contribution >= 0.6 is 0 Å². The molecule has 0 radical (unpaired) electrons. The van der Waals surface area contributed by atoms with Crippen LogP contribution in [0.25, 0.3) is 0 Å². The third-order valence-electron chi connectivity index (χ3n) is 6.62. The van der Waals surface area contributed by atoms with E-state index in [0.29, 0.717) is 23.8 Å². The minimum absolute atomic E-state index is 0.0732. The number of para-hydroxylation sites is 1. The number of carbonyl (C=O) groups is 2. The number of anilines is 1. The molecular formula is C27H36N4O2. The van der Waals surface area contributed by atoms with Crippen molar-refractivity contribution in [2.75, 3.05) is 31.5 Å². The fourth-order valence-electron chi connectivity index (χ4n) is 4.75. The standard InChI is InChI=1S/C27H36N4O2/c1-2-18-30-19-15-23(16-20-30)31(22-12-13-22)27(33)29-25-11-7-6-10-24(25)26(32)28-17-14-21-8-4-3-5-9-21/h3-11,22-23H,2,12-20H2,1H3,(H,28,32)(H,29,33). The van der Waals surface area contributed by atoms with Crippen LogP contribution in [0.3, 0.4) is 0 Å². The first-order valence-electron chi connectivity index (χ1n) is 12.4. The number of nitrogens with zero attached hydrogens (tertiary/aromatic N) is 2. The Morgan fingerprint density at radius 2 is 1.61 bits per heavy atom. The molecule has 1 saturated heterocycles. The lowest BCUT2D eigenvalue weighted by Crippen LogP contribution is -2.50.